The highest BCUT2D eigenvalue weighted by Gasteiger charge is 2.31. The number of benzene rings is 2. The normalized spacial score (nSPS) is 13.3. The second-order valence-corrected chi connectivity index (χ2v) is 5.80. The van der Waals surface area contributed by atoms with Crippen molar-refractivity contribution in [3.8, 4) is 0 Å². The second-order valence-electron chi connectivity index (χ2n) is 5.36. The summed E-state index contributed by atoms with van der Waals surface area (Å²) in [5.41, 5.74) is 2.58. The predicted octanol–water partition coefficient (Wildman–Crippen LogP) is 4.58. The van der Waals surface area contributed by atoms with Gasteiger partial charge in [0.1, 0.15) is 0 Å². The highest BCUT2D eigenvalue weighted by molar-refractivity contribution is 6.30. The van der Waals surface area contributed by atoms with Crippen molar-refractivity contribution in [2.24, 2.45) is 0 Å². The van der Waals surface area contributed by atoms with Crippen LogP contribution in [-0.2, 0) is 5.41 Å². The quantitative estimate of drug-likeness (QED) is 0.860. The molecule has 0 saturated carbocycles. The predicted molar refractivity (Wildman–Crippen MR) is 82.7 cm³/mol. The Kier molecular flexibility index (Phi) is 4.28. The van der Waals surface area contributed by atoms with Gasteiger partial charge in [-0.25, -0.2) is 0 Å². The minimum Gasteiger partial charge on any atom is -0.312 e. The Morgan fingerprint density at radius 2 is 1.53 bits per heavy atom. The maximum absolute atomic E-state index is 5.97. The number of halogens is 1. The van der Waals surface area contributed by atoms with Crippen molar-refractivity contribution in [3.05, 3.63) is 70.7 Å². The van der Waals surface area contributed by atoms with Crippen LogP contribution in [-0.4, -0.2) is 7.05 Å². The Bertz CT molecular complexity index is 517. The van der Waals surface area contributed by atoms with E-state index in [1.165, 1.54) is 11.1 Å². The van der Waals surface area contributed by atoms with Crippen LogP contribution in [0.1, 0.15) is 31.0 Å². The van der Waals surface area contributed by atoms with E-state index in [-0.39, 0.29) is 11.5 Å². The molecule has 1 atom stereocenters. The highest BCUT2D eigenvalue weighted by atomic mass is 35.5. The third-order valence-electron chi connectivity index (χ3n) is 3.73. The molecule has 2 rings (SSSR count). The Hall–Kier alpha value is -1.31. The second kappa shape index (κ2) is 5.77. The topological polar surface area (TPSA) is 12.0 Å². The molecule has 1 nitrogen and oxygen atoms in total. The summed E-state index contributed by atoms with van der Waals surface area (Å²) in [6.45, 7) is 4.52. The molecule has 1 N–H and O–H groups in total. The summed E-state index contributed by atoms with van der Waals surface area (Å²) >= 11 is 5.97. The third kappa shape index (κ3) is 2.99. The van der Waals surface area contributed by atoms with E-state index in [0.29, 0.717) is 0 Å². The number of hydrogen-bond donors (Lipinski definition) is 1. The van der Waals surface area contributed by atoms with E-state index in [0.717, 1.165) is 5.02 Å². The molecule has 2 heteroatoms. The summed E-state index contributed by atoms with van der Waals surface area (Å²) in [7, 11) is 2.00. The van der Waals surface area contributed by atoms with Crippen molar-refractivity contribution in [1.82, 2.24) is 5.32 Å². The zero-order valence-corrected chi connectivity index (χ0v) is 12.4. The SMILES string of the molecule is CNC(c1ccc(Cl)cc1)C(C)(C)c1ccccc1. The van der Waals surface area contributed by atoms with Crippen molar-refractivity contribution >= 4 is 11.6 Å². The van der Waals surface area contributed by atoms with Crippen molar-refractivity contribution in [3.63, 3.8) is 0 Å². The molecule has 2 aromatic rings. The van der Waals surface area contributed by atoms with Crippen molar-refractivity contribution < 1.29 is 0 Å². The van der Waals surface area contributed by atoms with Gasteiger partial charge in [0.2, 0.25) is 0 Å². The first kappa shape index (κ1) is 14.1. The average molecular weight is 274 g/mol. The van der Waals surface area contributed by atoms with Crippen LogP contribution in [0.25, 0.3) is 0 Å². The van der Waals surface area contributed by atoms with Crippen LogP contribution in [0.3, 0.4) is 0 Å². The monoisotopic (exact) mass is 273 g/mol. The zero-order chi connectivity index (χ0) is 13.9. The van der Waals surface area contributed by atoms with Crippen LogP contribution in [0, 0.1) is 0 Å². The molecule has 0 bridgehead atoms. The Morgan fingerprint density at radius 3 is 2.05 bits per heavy atom. The lowest BCUT2D eigenvalue weighted by Crippen LogP contribution is -2.35. The summed E-state index contributed by atoms with van der Waals surface area (Å²) in [5.74, 6) is 0. The van der Waals surface area contributed by atoms with Crippen LogP contribution >= 0.6 is 11.6 Å². The van der Waals surface area contributed by atoms with E-state index in [2.05, 4.69) is 61.6 Å². The lowest BCUT2D eigenvalue weighted by molar-refractivity contribution is 0.368. The van der Waals surface area contributed by atoms with Crippen molar-refractivity contribution in [1.29, 1.82) is 0 Å². The standard InChI is InChI=1S/C17H20ClN/c1-17(2,14-7-5-4-6-8-14)16(19-3)13-9-11-15(18)12-10-13/h4-12,16,19H,1-3H3. The molecule has 0 amide bonds. The number of nitrogens with one attached hydrogen (secondary N) is 1. The van der Waals surface area contributed by atoms with E-state index in [1.807, 2.05) is 19.2 Å². The molecule has 0 aliphatic heterocycles. The van der Waals surface area contributed by atoms with E-state index >= 15 is 0 Å². The molecule has 0 heterocycles. The molecule has 0 fully saturated rings. The van der Waals surface area contributed by atoms with Gasteiger partial charge in [0.15, 0.2) is 0 Å². The molecule has 0 aromatic heterocycles. The largest absolute Gasteiger partial charge is 0.312 e. The fourth-order valence-electron chi connectivity index (χ4n) is 2.63. The van der Waals surface area contributed by atoms with Gasteiger partial charge in [-0.3, -0.25) is 0 Å². The molecular weight excluding hydrogens is 254 g/mol. The van der Waals surface area contributed by atoms with Crippen LogP contribution in [0.5, 0.6) is 0 Å². The molecule has 0 aliphatic rings. The first-order valence-electron chi connectivity index (χ1n) is 6.54. The van der Waals surface area contributed by atoms with E-state index in [9.17, 15) is 0 Å². The fourth-order valence-corrected chi connectivity index (χ4v) is 2.76. The van der Waals surface area contributed by atoms with Gasteiger partial charge >= 0.3 is 0 Å². The molecule has 19 heavy (non-hydrogen) atoms. The number of rotatable bonds is 4. The van der Waals surface area contributed by atoms with Gasteiger partial charge in [0, 0.05) is 16.5 Å². The van der Waals surface area contributed by atoms with Crippen molar-refractivity contribution in [2.45, 2.75) is 25.3 Å². The van der Waals surface area contributed by atoms with Gasteiger partial charge in [-0.2, -0.15) is 0 Å². The van der Waals surface area contributed by atoms with Crippen LogP contribution < -0.4 is 5.32 Å². The average Bonchev–Trinajstić information content (AvgIpc) is 2.42. The number of likely N-dealkylation sites (N-methyl/N-ethyl adjacent to an activating group) is 1. The van der Waals surface area contributed by atoms with Gasteiger partial charge < -0.3 is 5.32 Å². The highest BCUT2D eigenvalue weighted by Crippen LogP contribution is 2.36. The summed E-state index contributed by atoms with van der Waals surface area (Å²) in [4.78, 5) is 0. The third-order valence-corrected chi connectivity index (χ3v) is 3.98. The van der Waals surface area contributed by atoms with Crippen LogP contribution in [0.15, 0.2) is 54.6 Å². The van der Waals surface area contributed by atoms with Gasteiger partial charge in [-0.05, 0) is 30.3 Å². The minimum atomic E-state index is 0.00381. The van der Waals surface area contributed by atoms with Gasteiger partial charge in [0.25, 0.3) is 0 Å². The maximum atomic E-state index is 5.97. The smallest absolute Gasteiger partial charge is 0.0410 e. The minimum absolute atomic E-state index is 0.00381. The lowest BCUT2D eigenvalue weighted by atomic mass is 9.75. The molecule has 0 saturated heterocycles. The molecule has 2 aromatic carbocycles. The van der Waals surface area contributed by atoms with Gasteiger partial charge in [0.05, 0.1) is 0 Å². The summed E-state index contributed by atoms with van der Waals surface area (Å²) in [5, 5.41) is 4.21. The molecule has 0 radical (unpaired) electrons. The molecule has 100 valence electrons. The van der Waals surface area contributed by atoms with E-state index in [4.69, 9.17) is 11.6 Å². The molecule has 0 aliphatic carbocycles. The first-order chi connectivity index (χ1) is 9.05. The fraction of sp³-hybridized carbons (Fsp3) is 0.294. The molecular formula is C17H20ClN. The summed E-state index contributed by atoms with van der Waals surface area (Å²) in [6.07, 6.45) is 0. The molecule has 0 spiro atoms. The zero-order valence-electron chi connectivity index (χ0n) is 11.7. The Labute approximate surface area is 120 Å². The van der Waals surface area contributed by atoms with E-state index < -0.39 is 0 Å². The Morgan fingerprint density at radius 1 is 0.947 bits per heavy atom. The first-order valence-corrected chi connectivity index (χ1v) is 6.92. The Balaban J connectivity index is 2.38. The molecule has 1 unspecified atom stereocenters. The maximum Gasteiger partial charge on any atom is 0.0410 e. The van der Waals surface area contributed by atoms with E-state index in [1.54, 1.807) is 0 Å². The summed E-state index contributed by atoms with van der Waals surface area (Å²) in [6, 6.07) is 18.9. The van der Waals surface area contributed by atoms with Gasteiger partial charge in [-0.1, -0.05) is 67.9 Å². The number of hydrogen-bond acceptors (Lipinski definition) is 1. The van der Waals surface area contributed by atoms with Crippen LogP contribution in [0.4, 0.5) is 0 Å². The van der Waals surface area contributed by atoms with Gasteiger partial charge in [-0.15, -0.1) is 0 Å². The van der Waals surface area contributed by atoms with Crippen LogP contribution in [0.2, 0.25) is 5.02 Å². The lowest BCUT2D eigenvalue weighted by Gasteiger charge is -2.35. The summed E-state index contributed by atoms with van der Waals surface area (Å²) < 4.78 is 0. The van der Waals surface area contributed by atoms with Crippen molar-refractivity contribution in [2.75, 3.05) is 7.05 Å².